The number of fused-ring (bicyclic) bond motifs is 1. The monoisotopic (exact) mass is 344 g/mol. The maximum atomic E-state index is 10.4. The minimum atomic E-state index is -0.621. The second kappa shape index (κ2) is 7.24. The molecule has 1 atom stereocenters. The highest BCUT2D eigenvalue weighted by Gasteiger charge is 2.13. The van der Waals surface area contributed by atoms with E-state index in [0.717, 1.165) is 28.8 Å². The largest absolute Gasteiger partial charge is 0.491 e. The summed E-state index contributed by atoms with van der Waals surface area (Å²) < 4.78 is 7.76. The minimum absolute atomic E-state index is 0.219. The molecule has 0 aliphatic carbocycles. The highest BCUT2D eigenvalue weighted by molar-refractivity contribution is 6.31. The number of hydrogen-bond donors (Lipinski definition) is 1. The third-order valence-electron chi connectivity index (χ3n) is 4.01. The molecule has 0 amide bonds. The summed E-state index contributed by atoms with van der Waals surface area (Å²) in [6.07, 6.45) is 0.197. The smallest absolute Gasteiger partial charge is 0.119 e. The van der Waals surface area contributed by atoms with Crippen molar-refractivity contribution >= 4 is 22.6 Å². The number of rotatable bonds is 6. The van der Waals surface area contributed by atoms with Gasteiger partial charge in [-0.2, -0.15) is 0 Å². The highest BCUT2D eigenvalue weighted by Crippen LogP contribution is 2.21. The molecule has 0 bridgehead atoms. The maximum Gasteiger partial charge on any atom is 0.119 e. The first-order valence-corrected chi connectivity index (χ1v) is 8.47. The Kier molecular flexibility index (Phi) is 5.07. The third kappa shape index (κ3) is 3.55. The van der Waals surface area contributed by atoms with E-state index < -0.39 is 6.10 Å². The van der Waals surface area contributed by atoms with E-state index in [-0.39, 0.29) is 6.61 Å². The van der Waals surface area contributed by atoms with Crippen molar-refractivity contribution < 1.29 is 9.84 Å². The Hall–Kier alpha value is -2.04. The van der Waals surface area contributed by atoms with Gasteiger partial charge >= 0.3 is 0 Å². The van der Waals surface area contributed by atoms with Gasteiger partial charge in [-0.3, -0.25) is 0 Å². The molecule has 24 heavy (non-hydrogen) atoms. The summed E-state index contributed by atoms with van der Waals surface area (Å²) in [6, 6.07) is 13.5. The van der Waals surface area contributed by atoms with Gasteiger partial charge < -0.3 is 14.4 Å². The van der Waals surface area contributed by atoms with E-state index in [4.69, 9.17) is 16.3 Å². The normalized spacial score (nSPS) is 12.5. The van der Waals surface area contributed by atoms with Gasteiger partial charge in [0.05, 0.1) is 17.6 Å². The number of para-hydroxylation sites is 2. The lowest BCUT2D eigenvalue weighted by molar-refractivity contribution is 0.0927. The molecule has 4 nitrogen and oxygen atoms in total. The van der Waals surface area contributed by atoms with Crippen LogP contribution in [0.25, 0.3) is 11.0 Å². The van der Waals surface area contributed by atoms with Gasteiger partial charge in [0.15, 0.2) is 0 Å². The van der Waals surface area contributed by atoms with Crippen LogP contribution in [-0.4, -0.2) is 27.4 Å². The molecule has 0 spiro atoms. The number of aryl methyl sites for hydroxylation is 2. The third-order valence-corrected chi connectivity index (χ3v) is 4.44. The molecule has 0 aliphatic rings. The van der Waals surface area contributed by atoms with Gasteiger partial charge in [0.25, 0.3) is 0 Å². The van der Waals surface area contributed by atoms with Crippen molar-refractivity contribution in [1.29, 1.82) is 0 Å². The molecule has 3 aromatic rings. The lowest BCUT2D eigenvalue weighted by Gasteiger charge is -2.15. The van der Waals surface area contributed by atoms with Crippen molar-refractivity contribution in [2.75, 3.05) is 6.61 Å². The molecule has 0 aliphatic heterocycles. The Morgan fingerprint density at radius 3 is 2.79 bits per heavy atom. The Bertz CT molecular complexity index is 844. The lowest BCUT2D eigenvalue weighted by atomic mass is 10.2. The SMILES string of the molecule is CCc1nc2ccccc2n1C[C@H](O)COc1ccc(Cl)c(C)c1. The number of halogens is 1. The number of nitrogens with zero attached hydrogens (tertiary/aromatic N) is 2. The molecule has 0 saturated carbocycles. The molecule has 0 fully saturated rings. The molecule has 2 aromatic carbocycles. The van der Waals surface area contributed by atoms with E-state index in [1.54, 1.807) is 6.07 Å². The number of imidazole rings is 1. The predicted molar refractivity (Wildman–Crippen MR) is 96.8 cm³/mol. The van der Waals surface area contributed by atoms with Crippen molar-refractivity contribution in [2.24, 2.45) is 0 Å². The lowest BCUT2D eigenvalue weighted by Crippen LogP contribution is -2.24. The topological polar surface area (TPSA) is 47.3 Å². The van der Waals surface area contributed by atoms with E-state index in [0.29, 0.717) is 17.3 Å². The fourth-order valence-electron chi connectivity index (χ4n) is 2.76. The summed E-state index contributed by atoms with van der Waals surface area (Å²) in [5, 5.41) is 11.1. The molecule has 0 saturated heterocycles. The van der Waals surface area contributed by atoms with Gasteiger partial charge in [-0.05, 0) is 42.8 Å². The summed E-state index contributed by atoms with van der Waals surface area (Å²) in [5.74, 6) is 1.68. The van der Waals surface area contributed by atoms with E-state index in [1.807, 2.05) is 43.3 Å². The average molecular weight is 345 g/mol. The Balaban J connectivity index is 1.70. The molecule has 0 unspecified atom stereocenters. The second-order valence-corrected chi connectivity index (χ2v) is 6.26. The van der Waals surface area contributed by atoms with Gasteiger partial charge in [-0.15, -0.1) is 0 Å². The van der Waals surface area contributed by atoms with Crippen LogP contribution < -0.4 is 4.74 Å². The summed E-state index contributed by atoms with van der Waals surface area (Å²) in [5.41, 5.74) is 2.95. The number of aliphatic hydroxyl groups is 1. The van der Waals surface area contributed by atoms with Crippen molar-refractivity contribution in [3.8, 4) is 5.75 Å². The minimum Gasteiger partial charge on any atom is -0.491 e. The Morgan fingerprint density at radius 1 is 1.25 bits per heavy atom. The zero-order valence-electron chi connectivity index (χ0n) is 13.9. The first-order chi connectivity index (χ1) is 11.6. The molecule has 1 N–H and O–H groups in total. The van der Waals surface area contributed by atoms with E-state index in [2.05, 4.69) is 16.5 Å². The van der Waals surface area contributed by atoms with E-state index >= 15 is 0 Å². The first-order valence-electron chi connectivity index (χ1n) is 8.09. The van der Waals surface area contributed by atoms with E-state index in [1.165, 1.54) is 0 Å². The van der Waals surface area contributed by atoms with Crippen LogP contribution in [-0.2, 0) is 13.0 Å². The number of aliphatic hydroxyl groups excluding tert-OH is 1. The summed E-state index contributed by atoms with van der Waals surface area (Å²) in [4.78, 5) is 4.62. The highest BCUT2D eigenvalue weighted by atomic mass is 35.5. The second-order valence-electron chi connectivity index (χ2n) is 5.86. The van der Waals surface area contributed by atoms with Gasteiger partial charge in [0, 0.05) is 11.4 Å². The molecule has 1 heterocycles. The van der Waals surface area contributed by atoms with Gasteiger partial charge in [-0.25, -0.2) is 4.98 Å². The molecular weight excluding hydrogens is 324 g/mol. The van der Waals surface area contributed by atoms with Crippen LogP contribution in [0.4, 0.5) is 0 Å². The average Bonchev–Trinajstić information content (AvgIpc) is 2.94. The van der Waals surface area contributed by atoms with E-state index in [9.17, 15) is 5.11 Å². The van der Waals surface area contributed by atoms with Crippen LogP contribution in [0.1, 0.15) is 18.3 Å². The van der Waals surface area contributed by atoms with Gasteiger partial charge in [-0.1, -0.05) is 30.7 Å². The molecular formula is C19H21ClN2O2. The molecule has 3 rings (SSSR count). The Morgan fingerprint density at radius 2 is 2.04 bits per heavy atom. The van der Waals surface area contributed by atoms with Crippen LogP contribution >= 0.6 is 11.6 Å². The standard InChI is InChI=1S/C19H21ClN2O2/c1-3-19-21-17-6-4-5-7-18(17)22(19)11-14(23)12-24-15-8-9-16(20)13(2)10-15/h4-10,14,23H,3,11-12H2,1-2H3/t14-/m0/s1. The number of hydrogen-bond acceptors (Lipinski definition) is 3. The quantitative estimate of drug-likeness (QED) is 0.735. The van der Waals surface area contributed by atoms with Crippen LogP contribution in [0.15, 0.2) is 42.5 Å². The summed E-state index contributed by atoms with van der Waals surface area (Å²) in [6.45, 7) is 4.67. The van der Waals surface area contributed by atoms with Crippen LogP contribution in [0, 0.1) is 6.92 Å². The fourth-order valence-corrected chi connectivity index (χ4v) is 2.88. The predicted octanol–water partition coefficient (Wildman–Crippen LogP) is 4.00. The zero-order valence-corrected chi connectivity index (χ0v) is 14.6. The molecule has 1 aromatic heterocycles. The van der Waals surface area contributed by atoms with Crippen molar-refractivity contribution in [3.63, 3.8) is 0 Å². The molecule has 126 valence electrons. The van der Waals surface area contributed by atoms with Crippen molar-refractivity contribution in [1.82, 2.24) is 9.55 Å². The Labute approximate surface area is 146 Å². The van der Waals surface area contributed by atoms with Crippen LogP contribution in [0.2, 0.25) is 5.02 Å². The number of ether oxygens (including phenoxy) is 1. The van der Waals surface area contributed by atoms with Crippen molar-refractivity contribution in [3.05, 3.63) is 58.9 Å². The van der Waals surface area contributed by atoms with Crippen LogP contribution in [0.3, 0.4) is 0 Å². The summed E-state index contributed by atoms with van der Waals surface area (Å²) in [7, 11) is 0. The fraction of sp³-hybridized carbons (Fsp3) is 0.316. The molecule has 5 heteroatoms. The molecule has 0 radical (unpaired) electrons. The number of aromatic nitrogens is 2. The maximum absolute atomic E-state index is 10.4. The summed E-state index contributed by atoms with van der Waals surface area (Å²) >= 11 is 6.01. The van der Waals surface area contributed by atoms with Crippen molar-refractivity contribution in [2.45, 2.75) is 32.9 Å². The first kappa shape index (κ1) is 16.8. The van der Waals surface area contributed by atoms with Crippen LogP contribution in [0.5, 0.6) is 5.75 Å². The number of benzene rings is 2. The zero-order chi connectivity index (χ0) is 17.1. The van der Waals surface area contributed by atoms with Gasteiger partial charge in [0.1, 0.15) is 24.3 Å². The van der Waals surface area contributed by atoms with Gasteiger partial charge in [0.2, 0.25) is 0 Å².